The molecule has 0 N–H and O–H groups in total. The molecule has 0 aliphatic carbocycles. The van der Waals surface area contributed by atoms with Crippen LogP contribution in [-0.4, -0.2) is 27.6 Å². The van der Waals surface area contributed by atoms with E-state index in [1.54, 1.807) is 18.2 Å². The second-order valence-electron chi connectivity index (χ2n) is 5.69. The predicted octanol–water partition coefficient (Wildman–Crippen LogP) is 5.01. The summed E-state index contributed by atoms with van der Waals surface area (Å²) in [4.78, 5) is 19.0. The lowest BCUT2D eigenvalue weighted by Gasteiger charge is -2.23. The van der Waals surface area contributed by atoms with Gasteiger partial charge in [0.2, 0.25) is 5.91 Å². The van der Waals surface area contributed by atoms with E-state index in [0.717, 1.165) is 5.56 Å². The van der Waals surface area contributed by atoms with Crippen molar-refractivity contribution in [3.8, 4) is 0 Å². The molecule has 25 heavy (non-hydrogen) atoms. The second-order valence-corrected chi connectivity index (χ2v) is 7.42. The van der Waals surface area contributed by atoms with Crippen LogP contribution in [-0.2, 0) is 11.3 Å². The molecule has 1 amide bonds. The zero-order valence-corrected chi connectivity index (χ0v) is 15.7. The van der Waals surface area contributed by atoms with E-state index in [2.05, 4.69) is 4.98 Å². The van der Waals surface area contributed by atoms with E-state index in [1.165, 1.54) is 11.8 Å². The second kappa shape index (κ2) is 7.93. The van der Waals surface area contributed by atoms with E-state index >= 15 is 0 Å². The van der Waals surface area contributed by atoms with Crippen molar-refractivity contribution in [2.45, 2.75) is 30.9 Å². The molecule has 130 valence electrons. The fraction of sp³-hybridized carbons (Fsp3) is 0.263. The Hall–Kier alpha value is -1.98. The molecule has 1 atom stereocenters. The molecule has 0 radical (unpaired) electrons. The zero-order valence-electron chi connectivity index (χ0n) is 14.1. The smallest absolute Gasteiger partial charge is 0.257 e. The van der Waals surface area contributed by atoms with Crippen molar-refractivity contribution in [3.63, 3.8) is 0 Å². The van der Waals surface area contributed by atoms with Gasteiger partial charge in [0.25, 0.3) is 5.22 Å². The Labute approximate surface area is 156 Å². The molecule has 4 nitrogen and oxygen atoms in total. The number of hydrogen-bond donors (Lipinski definition) is 0. The van der Waals surface area contributed by atoms with Crippen LogP contribution < -0.4 is 0 Å². The summed E-state index contributed by atoms with van der Waals surface area (Å²) in [7, 11) is 0. The Morgan fingerprint density at radius 3 is 2.76 bits per heavy atom. The number of carbonyl (C=O) groups excluding carboxylic acids is 1. The van der Waals surface area contributed by atoms with Crippen molar-refractivity contribution in [1.82, 2.24) is 9.88 Å². The number of aromatic nitrogens is 1. The third kappa shape index (κ3) is 4.35. The lowest BCUT2D eigenvalue weighted by Crippen LogP contribution is -2.35. The molecule has 3 aromatic rings. The number of carbonyl (C=O) groups is 1. The Morgan fingerprint density at radius 1 is 1.28 bits per heavy atom. The number of rotatable bonds is 6. The number of nitrogens with zero attached hydrogens (tertiary/aromatic N) is 2. The van der Waals surface area contributed by atoms with Crippen molar-refractivity contribution in [2.75, 3.05) is 6.54 Å². The van der Waals surface area contributed by atoms with Gasteiger partial charge in [0.1, 0.15) is 5.52 Å². The number of thioether (sulfide) groups is 1. The van der Waals surface area contributed by atoms with Crippen LogP contribution in [0.1, 0.15) is 19.4 Å². The van der Waals surface area contributed by atoms with Gasteiger partial charge in [-0.15, -0.1) is 0 Å². The van der Waals surface area contributed by atoms with Gasteiger partial charge >= 0.3 is 0 Å². The highest BCUT2D eigenvalue weighted by Crippen LogP contribution is 2.29. The molecule has 1 unspecified atom stereocenters. The van der Waals surface area contributed by atoms with Crippen molar-refractivity contribution >= 4 is 40.4 Å². The van der Waals surface area contributed by atoms with Crippen LogP contribution in [0.3, 0.4) is 0 Å². The first-order valence-corrected chi connectivity index (χ1v) is 9.38. The maximum atomic E-state index is 12.8. The van der Waals surface area contributed by atoms with E-state index in [4.69, 9.17) is 16.0 Å². The van der Waals surface area contributed by atoms with Gasteiger partial charge in [-0.1, -0.05) is 53.7 Å². The first-order chi connectivity index (χ1) is 12.1. The van der Waals surface area contributed by atoms with Crippen LogP contribution in [0.15, 0.2) is 58.2 Å². The number of fused-ring (bicyclic) bond motifs is 1. The number of hydrogen-bond acceptors (Lipinski definition) is 4. The number of benzene rings is 2. The summed E-state index contributed by atoms with van der Waals surface area (Å²) in [5.74, 6) is 0.0663. The Kier molecular flexibility index (Phi) is 5.66. The fourth-order valence-corrected chi connectivity index (χ4v) is 3.55. The average molecular weight is 375 g/mol. The highest BCUT2D eigenvalue weighted by Gasteiger charge is 2.23. The molecule has 0 saturated carbocycles. The van der Waals surface area contributed by atoms with Gasteiger partial charge in [-0.3, -0.25) is 4.79 Å². The van der Waals surface area contributed by atoms with Gasteiger partial charge in [0.05, 0.1) is 5.25 Å². The molecule has 0 aliphatic rings. The molecule has 0 spiro atoms. The zero-order chi connectivity index (χ0) is 17.8. The van der Waals surface area contributed by atoms with Crippen molar-refractivity contribution in [3.05, 3.63) is 59.1 Å². The molecule has 0 bridgehead atoms. The molecule has 0 saturated heterocycles. The topological polar surface area (TPSA) is 46.3 Å². The van der Waals surface area contributed by atoms with Gasteiger partial charge in [-0.05, 0) is 37.6 Å². The summed E-state index contributed by atoms with van der Waals surface area (Å²) in [6.45, 7) is 5.12. The minimum Gasteiger partial charge on any atom is -0.431 e. The van der Waals surface area contributed by atoms with Gasteiger partial charge in [-0.2, -0.15) is 0 Å². The van der Waals surface area contributed by atoms with Crippen molar-refractivity contribution in [1.29, 1.82) is 0 Å². The minimum atomic E-state index is -0.285. The standard InChI is InChI=1S/C19H19ClN2O2S/c1-3-22(12-14-7-5-4-6-8-14)18(23)13(2)25-19-21-16-11-15(20)9-10-17(16)24-19/h4-11,13H,3,12H2,1-2H3. The van der Waals surface area contributed by atoms with Crippen LogP contribution >= 0.6 is 23.4 Å². The molecule has 0 fully saturated rings. The number of amides is 1. The quantitative estimate of drug-likeness (QED) is 0.569. The molecular formula is C19H19ClN2O2S. The molecule has 1 heterocycles. The Morgan fingerprint density at radius 2 is 2.04 bits per heavy atom. The van der Waals surface area contributed by atoms with Crippen LogP contribution in [0.5, 0.6) is 0 Å². The van der Waals surface area contributed by atoms with Crippen LogP contribution in [0.2, 0.25) is 5.02 Å². The van der Waals surface area contributed by atoms with Gasteiger partial charge in [0, 0.05) is 18.1 Å². The van der Waals surface area contributed by atoms with Crippen LogP contribution in [0, 0.1) is 0 Å². The Balaban J connectivity index is 1.69. The third-order valence-corrected chi connectivity index (χ3v) is 5.03. The summed E-state index contributed by atoms with van der Waals surface area (Å²) in [5.41, 5.74) is 2.49. The minimum absolute atomic E-state index is 0.0663. The van der Waals surface area contributed by atoms with Crippen LogP contribution in [0.25, 0.3) is 11.1 Å². The number of halogens is 1. The Bertz CT molecular complexity index is 866. The van der Waals surface area contributed by atoms with Crippen molar-refractivity contribution < 1.29 is 9.21 Å². The summed E-state index contributed by atoms with van der Waals surface area (Å²) in [5, 5.41) is 0.808. The normalized spacial score (nSPS) is 12.3. The SMILES string of the molecule is CCN(Cc1ccccc1)C(=O)C(C)Sc1nc2cc(Cl)ccc2o1. The van der Waals surface area contributed by atoms with Gasteiger partial charge in [0.15, 0.2) is 5.58 Å². The summed E-state index contributed by atoms with van der Waals surface area (Å²) >= 11 is 7.30. The van der Waals surface area contributed by atoms with Crippen molar-refractivity contribution in [2.24, 2.45) is 0 Å². The monoisotopic (exact) mass is 374 g/mol. The first-order valence-electron chi connectivity index (χ1n) is 8.12. The van der Waals surface area contributed by atoms with E-state index in [1.807, 2.05) is 49.1 Å². The van der Waals surface area contributed by atoms with E-state index < -0.39 is 0 Å². The number of oxazole rings is 1. The third-order valence-electron chi connectivity index (χ3n) is 3.87. The lowest BCUT2D eigenvalue weighted by atomic mass is 10.2. The highest BCUT2D eigenvalue weighted by atomic mass is 35.5. The van der Waals surface area contributed by atoms with Crippen LogP contribution in [0.4, 0.5) is 0 Å². The first kappa shape index (κ1) is 17.8. The summed E-state index contributed by atoms with van der Waals surface area (Å²) in [6, 6.07) is 15.3. The molecule has 1 aromatic heterocycles. The summed E-state index contributed by atoms with van der Waals surface area (Å²) in [6.07, 6.45) is 0. The fourth-order valence-electron chi connectivity index (χ4n) is 2.54. The van der Waals surface area contributed by atoms with Gasteiger partial charge < -0.3 is 9.32 Å². The average Bonchev–Trinajstić information content (AvgIpc) is 3.01. The maximum absolute atomic E-state index is 12.8. The molecular weight excluding hydrogens is 356 g/mol. The largest absolute Gasteiger partial charge is 0.431 e. The van der Waals surface area contributed by atoms with E-state index in [9.17, 15) is 4.79 Å². The maximum Gasteiger partial charge on any atom is 0.257 e. The van der Waals surface area contributed by atoms with Gasteiger partial charge in [-0.25, -0.2) is 4.98 Å². The predicted molar refractivity (Wildman–Crippen MR) is 102 cm³/mol. The lowest BCUT2D eigenvalue weighted by molar-refractivity contribution is -0.130. The molecule has 2 aromatic carbocycles. The van der Waals surface area contributed by atoms with E-state index in [0.29, 0.717) is 34.4 Å². The highest BCUT2D eigenvalue weighted by molar-refractivity contribution is 8.00. The molecule has 6 heteroatoms. The molecule has 0 aliphatic heterocycles. The summed E-state index contributed by atoms with van der Waals surface area (Å²) < 4.78 is 5.70. The van der Waals surface area contributed by atoms with E-state index in [-0.39, 0.29) is 11.2 Å². The molecule has 3 rings (SSSR count).